The number of benzene rings is 1. The van der Waals surface area contributed by atoms with E-state index in [0.29, 0.717) is 13.0 Å². The largest absolute Gasteiger partial charge is 0.396 e. The Morgan fingerprint density at radius 2 is 1.32 bits per heavy atom. The molecule has 0 aliphatic rings. The SMILES string of the molecule is CCCCC.CCCO.CCc1ccc(CCCC(C)=O)cc1.CS. The summed E-state index contributed by atoms with van der Waals surface area (Å²) in [6.07, 6.45) is 10.4. The summed E-state index contributed by atoms with van der Waals surface area (Å²) in [6, 6.07) is 8.67. The number of aliphatic hydroxyl groups excluding tert-OH is 1. The van der Waals surface area contributed by atoms with Crippen LogP contribution < -0.4 is 0 Å². The van der Waals surface area contributed by atoms with E-state index in [4.69, 9.17) is 5.11 Å². The molecule has 0 bridgehead atoms. The van der Waals surface area contributed by atoms with Gasteiger partial charge >= 0.3 is 0 Å². The Balaban J connectivity index is -0.000000365. The number of hydrogen-bond donors (Lipinski definition) is 2. The summed E-state index contributed by atoms with van der Waals surface area (Å²) in [7, 11) is 0. The highest BCUT2D eigenvalue weighted by Crippen LogP contribution is 2.08. The molecule has 25 heavy (non-hydrogen) atoms. The summed E-state index contributed by atoms with van der Waals surface area (Å²) in [5.41, 5.74) is 2.71. The second kappa shape index (κ2) is 25.4. The average molecular weight is 371 g/mol. The second-order valence-corrected chi connectivity index (χ2v) is 5.80. The number of carbonyl (C=O) groups excluding carboxylic acids is 1. The lowest BCUT2D eigenvalue weighted by Crippen LogP contribution is -1.92. The van der Waals surface area contributed by atoms with Gasteiger partial charge in [0.05, 0.1) is 0 Å². The molecule has 2 nitrogen and oxygen atoms in total. The number of carbonyl (C=O) groups is 1. The molecule has 0 spiro atoms. The lowest BCUT2D eigenvalue weighted by atomic mass is 10.0. The van der Waals surface area contributed by atoms with Crippen molar-refractivity contribution in [2.75, 3.05) is 12.9 Å². The van der Waals surface area contributed by atoms with Crippen molar-refractivity contribution in [2.24, 2.45) is 0 Å². The molecule has 0 atom stereocenters. The Kier molecular flexibility index (Phi) is 29.5. The van der Waals surface area contributed by atoms with E-state index in [1.165, 1.54) is 30.4 Å². The van der Waals surface area contributed by atoms with Crippen LogP contribution in [-0.2, 0) is 17.6 Å². The van der Waals surface area contributed by atoms with Crippen LogP contribution in [0.3, 0.4) is 0 Å². The van der Waals surface area contributed by atoms with Crippen molar-refractivity contribution in [1.82, 2.24) is 0 Å². The zero-order valence-corrected chi connectivity index (χ0v) is 18.4. The van der Waals surface area contributed by atoms with Gasteiger partial charge in [-0.3, -0.25) is 0 Å². The number of unbranched alkanes of at least 4 members (excludes halogenated alkanes) is 2. The number of thiol groups is 1. The molecule has 3 heteroatoms. The topological polar surface area (TPSA) is 37.3 Å². The lowest BCUT2D eigenvalue weighted by Gasteiger charge is -2.01. The van der Waals surface area contributed by atoms with Crippen LogP contribution in [0.1, 0.15) is 84.3 Å². The van der Waals surface area contributed by atoms with Crippen molar-refractivity contribution in [3.05, 3.63) is 35.4 Å². The third-order valence-electron chi connectivity index (χ3n) is 3.36. The molecule has 0 unspecified atom stereocenters. The standard InChI is InChI=1S/C13H18O.C5H12.C3H8O.CH4S/c1-3-12-7-9-13(10-8-12)6-4-5-11(2)14;1-3-5-4-2;1-2-3-4;1-2/h7-10H,3-6H2,1-2H3;3-5H2,1-2H3;4H,2-3H2,1H3;2H,1H3. The van der Waals surface area contributed by atoms with Crippen LogP contribution in [0, 0.1) is 0 Å². The van der Waals surface area contributed by atoms with E-state index < -0.39 is 0 Å². The number of aryl methyl sites for hydroxylation is 2. The van der Waals surface area contributed by atoms with Gasteiger partial charge in [-0.2, -0.15) is 12.6 Å². The Morgan fingerprint density at radius 1 is 0.880 bits per heavy atom. The molecule has 0 amide bonds. The first kappa shape index (κ1) is 29.0. The summed E-state index contributed by atoms with van der Waals surface area (Å²) in [5.74, 6) is 0.287. The quantitative estimate of drug-likeness (QED) is 0.527. The second-order valence-electron chi connectivity index (χ2n) is 5.80. The third-order valence-corrected chi connectivity index (χ3v) is 3.36. The Bertz CT molecular complexity index is 357. The van der Waals surface area contributed by atoms with E-state index in [0.717, 1.165) is 25.7 Å². The smallest absolute Gasteiger partial charge is 0.129 e. The van der Waals surface area contributed by atoms with Crippen LogP contribution in [0.4, 0.5) is 0 Å². The molecule has 1 aromatic carbocycles. The Labute approximate surface area is 162 Å². The van der Waals surface area contributed by atoms with Gasteiger partial charge in [0.1, 0.15) is 5.78 Å². The molecule has 1 aromatic rings. The maximum atomic E-state index is 10.7. The summed E-state index contributed by atoms with van der Waals surface area (Å²) in [4.78, 5) is 10.7. The zero-order valence-electron chi connectivity index (χ0n) is 17.5. The van der Waals surface area contributed by atoms with Crippen LogP contribution in [-0.4, -0.2) is 23.8 Å². The monoisotopic (exact) mass is 370 g/mol. The summed E-state index contributed by atoms with van der Waals surface area (Å²) in [5, 5.41) is 7.88. The normalized spacial score (nSPS) is 8.80. The van der Waals surface area contributed by atoms with Gasteiger partial charge in [-0.15, -0.1) is 0 Å². The zero-order chi connectivity index (χ0) is 19.9. The van der Waals surface area contributed by atoms with Crippen molar-refractivity contribution in [1.29, 1.82) is 0 Å². The molecule has 0 aliphatic heterocycles. The first-order valence-corrected chi connectivity index (χ1v) is 10.6. The molecular formula is C22H42O2S. The van der Waals surface area contributed by atoms with Crippen LogP contribution in [0.25, 0.3) is 0 Å². The van der Waals surface area contributed by atoms with Gasteiger partial charge in [0.15, 0.2) is 0 Å². The van der Waals surface area contributed by atoms with E-state index in [9.17, 15) is 4.79 Å². The molecule has 0 aromatic heterocycles. The Morgan fingerprint density at radius 3 is 1.60 bits per heavy atom. The first-order chi connectivity index (χ1) is 12.0. The van der Waals surface area contributed by atoms with Gasteiger partial charge in [-0.05, 0) is 50.0 Å². The van der Waals surface area contributed by atoms with Gasteiger partial charge in [-0.25, -0.2) is 0 Å². The predicted octanol–water partition coefficient (Wildman–Crippen LogP) is 6.29. The molecule has 148 valence electrons. The highest BCUT2D eigenvalue weighted by Gasteiger charge is 1.96. The van der Waals surface area contributed by atoms with Gasteiger partial charge in [-0.1, -0.05) is 71.2 Å². The minimum atomic E-state index is 0.287. The molecule has 1 rings (SSSR count). The molecule has 0 fully saturated rings. The van der Waals surface area contributed by atoms with Crippen molar-refractivity contribution in [3.63, 3.8) is 0 Å². The van der Waals surface area contributed by atoms with E-state index >= 15 is 0 Å². The van der Waals surface area contributed by atoms with E-state index in [-0.39, 0.29) is 5.78 Å². The van der Waals surface area contributed by atoms with Crippen LogP contribution in [0.5, 0.6) is 0 Å². The predicted molar refractivity (Wildman–Crippen MR) is 117 cm³/mol. The van der Waals surface area contributed by atoms with Crippen LogP contribution >= 0.6 is 12.6 Å². The van der Waals surface area contributed by atoms with E-state index in [1.807, 2.05) is 6.92 Å². The number of Topliss-reactive ketones (excluding diaryl/α,β-unsaturated/α-hetero) is 1. The molecular weight excluding hydrogens is 328 g/mol. The molecule has 0 saturated heterocycles. The lowest BCUT2D eigenvalue weighted by molar-refractivity contribution is -0.117. The minimum Gasteiger partial charge on any atom is -0.396 e. The highest BCUT2D eigenvalue weighted by molar-refractivity contribution is 7.79. The molecule has 0 heterocycles. The molecule has 0 radical (unpaired) electrons. The van der Waals surface area contributed by atoms with Crippen LogP contribution in [0.2, 0.25) is 0 Å². The molecule has 1 N–H and O–H groups in total. The van der Waals surface area contributed by atoms with Crippen molar-refractivity contribution in [2.45, 2.75) is 86.0 Å². The van der Waals surface area contributed by atoms with E-state index in [2.05, 4.69) is 57.7 Å². The fourth-order valence-corrected chi connectivity index (χ4v) is 1.84. The number of hydrogen-bond acceptors (Lipinski definition) is 3. The van der Waals surface area contributed by atoms with Gasteiger partial charge in [0.2, 0.25) is 0 Å². The maximum absolute atomic E-state index is 10.7. The molecule has 0 aliphatic carbocycles. The third kappa shape index (κ3) is 25.6. The minimum absolute atomic E-state index is 0.287. The van der Waals surface area contributed by atoms with Gasteiger partial charge < -0.3 is 9.90 Å². The molecule has 0 saturated carbocycles. The fraction of sp³-hybridized carbons (Fsp3) is 0.682. The average Bonchev–Trinajstić information content (AvgIpc) is 2.65. The Hall–Kier alpha value is -0.800. The van der Waals surface area contributed by atoms with Gasteiger partial charge in [0, 0.05) is 13.0 Å². The fourth-order valence-electron chi connectivity index (χ4n) is 1.84. The summed E-state index contributed by atoms with van der Waals surface area (Å²) in [6.45, 7) is 10.5. The first-order valence-electron chi connectivity index (χ1n) is 9.68. The number of ketones is 1. The van der Waals surface area contributed by atoms with Crippen molar-refractivity contribution in [3.8, 4) is 0 Å². The van der Waals surface area contributed by atoms with Crippen LogP contribution in [0.15, 0.2) is 24.3 Å². The van der Waals surface area contributed by atoms with Gasteiger partial charge in [0.25, 0.3) is 0 Å². The summed E-state index contributed by atoms with van der Waals surface area (Å²) < 4.78 is 0. The van der Waals surface area contributed by atoms with Crippen molar-refractivity contribution >= 4 is 18.4 Å². The highest BCUT2D eigenvalue weighted by atomic mass is 32.1. The number of rotatable bonds is 8. The maximum Gasteiger partial charge on any atom is 0.129 e. The summed E-state index contributed by atoms with van der Waals surface area (Å²) >= 11 is 3.53. The van der Waals surface area contributed by atoms with Crippen molar-refractivity contribution < 1.29 is 9.90 Å². The number of aliphatic hydroxyl groups is 1. The van der Waals surface area contributed by atoms with E-state index in [1.54, 1.807) is 13.2 Å².